The van der Waals surface area contributed by atoms with E-state index in [1.54, 1.807) is 6.08 Å². The molecule has 1 fully saturated rings. The minimum Gasteiger partial charge on any atom is -0.295 e. The van der Waals surface area contributed by atoms with Crippen molar-refractivity contribution < 1.29 is 4.79 Å². The van der Waals surface area contributed by atoms with Gasteiger partial charge in [-0.05, 0) is 44.6 Å². The molecule has 0 amide bonds. The maximum Gasteiger partial charge on any atom is 0.155 e. The van der Waals surface area contributed by atoms with Crippen LogP contribution in [-0.2, 0) is 4.79 Å². The summed E-state index contributed by atoms with van der Waals surface area (Å²) in [5, 5.41) is 0. The van der Waals surface area contributed by atoms with E-state index in [-0.39, 0.29) is 0 Å². The fourth-order valence-corrected chi connectivity index (χ4v) is 2.20. The van der Waals surface area contributed by atoms with Crippen LogP contribution in [0.4, 0.5) is 0 Å². The molecule has 1 rings (SSSR count). The van der Waals surface area contributed by atoms with Gasteiger partial charge in [-0.25, -0.2) is 0 Å². The van der Waals surface area contributed by atoms with E-state index in [9.17, 15) is 4.79 Å². The molecular weight excluding hydrogens is 172 g/mol. The number of ketones is 1. The molecule has 0 bridgehead atoms. The molecule has 0 saturated heterocycles. The first kappa shape index (κ1) is 11.5. The second-order valence-electron chi connectivity index (χ2n) is 5.02. The lowest BCUT2D eigenvalue weighted by Gasteiger charge is -2.25. The van der Waals surface area contributed by atoms with Gasteiger partial charge in [0.25, 0.3) is 0 Å². The van der Waals surface area contributed by atoms with Crippen LogP contribution in [0.25, 0.3) is 0 Å². The van der Waals surface area contributed by atoms with Gasteiger partial charge in [0, 0.05) is 6.42 Å². The summed E-state index contributed by atoms with van der Waals surface area (Å²) >= 11 is 0. The Morgan fingerprint density at radius 3 is 2.29 bits per heavy atom. The predicted octanol–water partition coefficient (Wildman–Crippen LogP) is 3.74. The van der Waals surface area contributed by atoms with Crippen LogP contribution in [0, 0.1) is 11.8 Å². The Bertz CT molecular complexity index is 215. The topological polar surface area (TPSA) is 17.1 Å². The highest BCUT2D eigenvalue weighted by molar-refractivity contribution is 5.90. The van der Waals surface area contributed by atoms with E-state index in [0.29, 0.717) is 11.7 Å². The summed E-state index contributed by atoms with van der Waals surface area (Å²) in [6.45, 7) is 6.29. The van der Waals surface area contributed by atoms with Gasteiger partial charge in [0.2, 0.25) is 0 Å². The zero-order chi connectivity index (χ0) is 10.6. The van der Waals surface area contributed by atoms with Crippen molar-refractivity contribution in [1.29, 1.82) is 0 Å². The van der Waals surface area contributed by atoms with Gasteiger partial charge in [0.05, 0.1) is 0 Å². The van der Waals surface area contributed by atoms with Crippen LogP contribution >= 0.6 is 0 Å². The summed E-state index contributed by atoms with van der Waals surface area (Å²) in [5.74, 6) is 1.86. The molecule has 0 aromatic rings. The van der Waals surface area contributed by atoms with Gasteiger partial charge in [-0.1, -0.05) is 25.3 Å². The van der Waals surface area contributed by atoms with E-state index in [1.807, 2.05) is 13.8 Å². The maximum absolute atomic E-state index is 11.5. The summed E-state index contributed by atoms with van der Waals surface area (Å²) in [7, 11) is 0. The van der Waals surface area contributed by atoms with Crippen molar-refractivity contribution in [1.82, 2.24) is 0 Å². The summed E-state index contributed by atoms with van der Waals surface area (Å²) in [4.78, 5) is 11.5. The fourth-order valence-electron chi connectivity index (χ4n) is 2.20. The van der Waals surface area contributed by atoms with Crippen LogP contribution in [0.1, 0.15) is 52.9 Å². The molecule has 1 nitrogen and oxygen atoms in total. The van der Waals surface area contributed by atoms with Gasteiger partial charge < -0.3 is 0 Å². The first-order valence-corrected chi connectivity index (χ1v) is 5.75. The second-order valence-corrected chi connectivity index (χ2v) is 5.02. The minimum absolute atomic E-state index is 0.324. The monoisotopic (exact) mass is 194 g/mol. The Labute approximate surface area is 87.6 Å². The minimum atomic E-state index is 0.324. The van der Waals surface area contributed by atoms with Gasteiger partial charge >= 0.3 is 0 Å². The lowest BCUT2D eigenvalue weighted by atomic mass is 9.80. The molecule has 1 aliphatic rings. The molecule has 0 radical (unpaired) electrons. The highest BCUT2D eigenvalue weighted by atomic mass is 16.1. The fraction of sp³-hybridized carbons (Fsp3) is 0.769. The first-order valence-electron chi connectivity index (χ1n) is 5.75. The quantitative estimate of drug-likeness (QED) is 0.625. The van der Waals surface area contributed by atoms with Crippen molar-refractivity contribution in [2.75, 3.05) is 0 Å². The van der Waals surface area contributed by atoms with Crippen molar-refractivity contribution >= 4 is 5.78 Å². The normalized spacial score (nSPS) is 27.1. The molecule has 0 unspecified atom stereocenters. The first-order chi connectivity index (χ1) is 6.58. The zero-order valence-corrected chi connectivity index (χ0v) is 9.68. The lowest BCUT2D eigenvalue weighted by Crippen LogP contribution is -2.15. The molecule has 0 atom stereocenters. The molecule has 0 N–H and O–H groups in total. The van der Waals surface area contributed by atoms with E-state index in [4.69, 9.17) is 0 Å². The molecule has 80 valence electrons. The molecule has 0 aromatic carbocycles. The highest BCUT2D eigenvalue weighted by Crippen LogP contribution is 2.30. The van der Waals surface area contributed by atoms with Crippen molar-refractivity contribution in [2.24, 2.45) is 11.8 Å². The Morgan fingerprint density at radius 1 is 1.21 bits per heavy atom. The molecule has 0 aromatic heterocycles. The SMILES string of the molecule is CC(C)=CC(=O)CC1CCC(C)CC1. The van der Waals surface area contributed by atoms with Crippen LogP contribution in [0.15, 0.2) is 11.6 Å². The Balaban J connectivity index is 2.31. The summed E-state index contributed by atoms with van der Waals surface area (Å²) < 4.78 is 0. The molecular formula is C13H22O. The Hall–Kier alpha value is -0.590. The smallest absolute Gasteiger partial charge is 0.155 e. The van der Waals surface area contributed by atoms with E-state index >= 15 is 0 Å². The van der Waals surface area contributed by atoms with Gasteiger partial charge in [-0.15, -0.1) is 0 Å². The summed E-state index contributed by atoms with van der Waals surface area (Å²) in [5.41, 5.74) is 1.12. The Morgan fingerprint density at radius 2 is 1.79 bits per heavy atom. The molecule has 1 heteroatoms. The third kappa shape index (κ3) is 4.08. The van der Waals surface area contributed by atoms with Crippen LogP contribution in [-0.4, -0.2) is 5.78 Å². The molecule has 14 heavy (non-hydrogen) atoms. The van der Waals surface area contributed by atoms with E-state index in [0.717, 1.165) is 17.9 Å². The van der Waals surface area contributed by atoms with E-state index in [1.165, 1.54) is 25.7 Å². The van der Waals surface area contributed by atoms with Crippen molar-refractivity contribution in [3.63, 3.8) is 0 Å². The molecule has 1 saturated carbocycles. The maximum atomic E-state index is 11.5. The number of carbonyl (C=O) groups excluding carboxylic acids is 1. The van der Waals surface area contributed by atoms with Gasteiger partial charge in [-0.3, -0.25) is 4.79 Å². The molecule has 0 aliphatic heterocycles. The summed E-state index contributed by atoms with van der Waals surface area (Å²) in [6.07, 6.45) is 7.70. The van der Waals surface area contributed by atoms with Gasteiger partial charge in [0.1, 0.15) is 0 Å². The number of allylic oxidation sites excluding steroid dienone is 2. The van der Waals surface area contributed by atoms with E-state index < -0.39 is 0 Å². The van der Waals surface area contributed by atoms with Crippen LogP contribution in [0.2, 0.25) is 0 Å². The number of hydrogen-bond acceptors (Lipinski definition) is 1. The van der Waals surface area contributed by atoms with Crippen LogP contribution < -0.4 is 0 Å². The second kappa shape index (κ2) is 5.33. The zero-order valence-electron chi connectivity index (χ0n) is 9.68. The third-order valence-electron chi connectivity index (χ3n) is 3.07. The standard InChI is InChI=1S/C13H22O/c1-10(2)8-13(14)9-12-6-4-11(3)5-7-12/h8,11-12H,4-7,9H2,1-3H3. The average Bonchev–Trinajstić information content (AvgIpc) is 2.07. The van der Waals surface area contributed by atoms with Crippen molar-refractivity contribution in [3.8, 4) is 0 Å². The van der Waals surface area contributed by atoms with Crippen LogP contribution in [0.3, 0.4) is 0 Å². The van der Waals surface area contributed by atoms with Gasteiger partial charge in [0.15, 0.2) is 5.78 Å². The van der Waals surface area contributed by atoms with Crippen LogP contribution in [0.5, 0.6) is 0 Å². The lowest BCUT2D eigenvalue weighted by molar-refractivity contribution is -0.115. The van der Waals surface area contributed by atoms with Crippen molar-refractivity contribution in [2.45, 2.75) is 52.9 Å². The average molecular weight is 194 g/mol. The number of carbonyl (C=O) groups is 1. The highest BCUT2D eigenvalue weighted by Gasteiger charge is 2.19. The van der Waals surface area contributed by atoms with E-state index in [2.05, 4.69) is 6.92 Å². The molecule has 0 spiro atoms. The summed E-state index contributed by atoms with van der Waals surface area (Å²) in [6, 6.07) is 0. The largest absolute Gasteiger partial charge is 0.295 e. The van der Waals surface area contributed by atoms with Gasteiger partial charge in [-0.2, -0.15) is 0 Å². The Kier molecular flexibility index (Phi) is 4.37. The number of hydrogen-bond donors (Lipinski definition) is 0. The number of rotatable bonds is 3. The van der Waals surface area contributed by atoms with Crippen molar-refractivity contribution in [3.05, 3.63) is 11.6 Å². The predicted molar refractivity (Wildman–Crippen MR) is 60.2 cm³/mol. The molecule has 1 aliphatic carbocycles. The third-order valence-corrected chi connectivity index (χ3v) is 3.07. The molecule has 0 heterocycles.